The molecular weight excluding hydrogens is 216 g/mol. The highest BCUT2D eigenvalue weighted by atomic mass is 16.1. The molecule has 0 aliphatic heterocycles. The first-order chi connectivity index (χ1) is 8.13. The zero-order chi connectivity index (χ0) is 12.7. The summed E-state index contributed by atoms with van der Waals surface area (Å²) in [7, 11) is 0. The molecule has 1 atom stereocenters. The molecule has 1 heterocycles. The highest BCUT2D eigenvalue weighted by Gasteiger charge is 2.17. The molecule has 0 aliphatic carbocycles. The molecule has 1 aromatic rings. The van der Waals surface area contributed by atoms with E-state index in [0.717, 1.165) is 12.1 Å². The van der Waals surface area contributed by atoms with Crippen LogP contribution in [0.25, 0.3) is 0 Å². The average molecular weight is 236 g/mol. The second-order valence-electron chi connectivity index (χ2n) is 4.49. The Kier molecular flexibility index (Phi) is 5.56. The van der Waals surface area contributed by atoms with Gasteiger partial charge in [0, 0.05) is 12.7 Å². The highest BCUT2D eigenvalue weighted by Crippen LogP contribution is 2.10. The fraction of sp³-hybridized carbons (Fsp3) is 0.583. The van der Waals surface area contributed by atoms with Crippen molar-refractivity contribution in [3.8, 4) is 0 Å². The van der Waals surface area contributed by atoms with Gasteiger partial charge in [-0.1, -0.05) is 13.8 Å². The van der Waals surface area contributed by atoms with Crippen LogP contribution in [0.1, 0.15) is 26.0 Å². The number of nitrogens with one attached hydrogen (secondary N) is 1. The summed E-state index contributed by atoms with van der Waals surface area (Å²) in [6, 6.07) is 3.62. The number of rotatable bonds is 6. The minimum absolute atomic E-state index is 0.00754. The molecule has 17 heavy (non-hydrogen) atoms. The lowest BCUT2D eigenvalue weighted by molar-refractivity contribution is -0.125. The van der Waals surface area contributed by atoms with Crippen LogP contribution in [0.4, 0.5) is 0 Å². The van der Waals surface area contributed by atoms with Crippen LogP contribution in [0.5, 0.6) is 0 Å². The van der Waals surface area contributed by atoms with E-state index in [0.29, 0.717) is 19.0 Å². The van der Waals surface area contributed by atoms with Gasteiger partial charge >= 0.3 is 0 Å². The van der Waals surface area contributed by atoms with E-state index in [1.165, 1.54) is 0 Å². The van der Waals surface area contributed by atoms with Gasteiger partial charge in [-0.3, -0.25) is 4.79 Å². The molecule has 0 aliphatic rings. The van der Waals surface area contributed by atoms with Crippen LogP contribution >= 0.6 is 0 Å². The summed E-state index contributed by atoms with van der Waals surface area (Å²) >= 11 is 0. The Hall–Kier alpha value is -1.49. The van der Waals surface area contributed by atoms with Crippen molar-refractivity contribution in [2.24, 2.45) is 17.6 Å². The molecule has 0 saturated carbocycles. The number of carbonyl (C=O) groups excluding carboxylic acids is 1. The number of nitrogens with zero attached hydrogens (tertiary/aromatic N) is 2. The molecule has 0 fully saturated rings. The summed E-state index contributed by atoms with van der Waals surface area (Å²) in [5, 5.41) is 10.5. The lowest BCUT2D eigenvalue weighted by Gasteiger charge is -2.16. The number of aromatic nitrogens is 2. The Morgan fingerprint density at radius 3 is 2.82 bits per heavy atom. The van der Waals surface area contributed by atoms with Gasteiger partial charge in [-0.2, -0.15) is 10.2 Å². The third-order valence-electron chi connectivity index (χ3n) is 2.48. The first kappa shape index (κ1) is 13.6. The van der Waals surface area contributed by atoms with Gasteiger partial charge in [-0.25, -0.2) is 0 Å². The van der Waals surface area contributed by atoms with Gasteiger partial charge < -0.3 is 11.1 Å². The van der Waals surface area contributed by atoms with Gasteiger partial charge in [0.1, 0.15) is 0 Å². The zero-order valence-corrected chi connectivity index (χ0v) is 10.4. The summed E-state index contributed by atoms with van der Waals surface area (Å²) in [6.07, 6.45) is 2.41. The van der Waals surface area contributed by atoms with Crippen molar-refractivity contribution in [2.45, 2.75) is 26.8 Å². The van der Waals surface area contributed by atoms with Crippen molar-refractivity contribution in [2.75, 3.05) is 6.54 Å². The molecule has 1 rings (SSSR count). The van der Waals surface area contributed by atoms with Gasteiger partial charge in [-0.05, 0) is 24.5 Å². The predicted molar refractivity (Wildman–Crippen MR) is 65.9 cm³/mol. The number of hydrogen-bond donors (Lipinski definition) is 2. The van der Waals surface area contributed by atoms with E-state index in [-0.39, 0.29) is 11.8 Å². The Morgan fingerprint density at radius 2 is 2.29 bits per heavy atom. The number of carbonyl (C=O) groups is 1. The van der Waals surface area contributed by atoms with E-state index < -0.39 is 0 Å². The van der Waals surface area contributed by atoms with Gasteiger partial charge in [0.05, 0.1) is 18.2 Å². The molecule has 5 heteroatoms. The topological polar surface area (TPSA) is 80.9 Å². The Balaban J connectivity index is 2.42. The molecule has 0 aromatic carbocycles. The van der Waals surface area contributed by atoms with Gasteiger partial charge in [-0.15, -0.1) is 0 Å². The fourth-order valence-corrected chi connectivity index (χ4v) is 1.63. The summed E-state index contributed by atoms with van der Waals surface area (Å²) in [5.41, 5.74) is 6.35. The largest absolute Gasteiger partial charge is 0.350 e. The molecule has 0 spiro atoms. The maximum atomic E-state index is 11.8. The van der Waals surface area contributed by atoms with Crippen LogP contribution in [-0.4, -0.2) is 22.6 Å². The van der Waals surface area contributed by atoms with Crippen molar-refractivity contribution in [3.05, 3.63) is 24.0 Å². The smallest absolute Gasteiger partial charge is 0.224 e. The summed E-state index contributed by atoms with van der Waals surface area (Å²) in [5.74, 6) is 0.337. The van der Waals surface area contributed by atoms with Crippen molar-refractivity contribution in [1.29, 1.82) is 0 Å². The summed E-state index contributed by atoms with van der Waals surface area (Å²) < 4.78 is 0. The first-order valence-electron chi connectivity index (χ1n) is 5.87. The third kappa shape index (κ3) is 4.91. The lowest BCUT2D eigenvalue weighted by Crippen LogP contribution is -2.35. The molecule has 0 saturated heterocycles. The molecule has 1 unspecified atom stereocenters. The predicted octanol–water partition coefficient (Wildman–Crippen LogP) is 0.714. The van der Waals surface area contributed by atoms with E-state index >= 15 is 0 Å². The van der Waals surface area contributed by atoms with Crippen LogP contribution in [0.15, 0.2) is 18.3 Å². The monoisotopic (exact) mass is 236 g/mol. The summed E-state index contributed by atoms with van der Waals surface area (Å²) in [4.78, 5) is 11.8. The van der Waals surface area contributed by atoms with Crippen molar-refractivity contribution in [1.82, 2.24) is 15.5 Å². The number of nitrogens with two attached hydrogens (primary N) is 1. The van der Waals surface area contributed by atoms with E-state index in [1.807, 2.05) is 6.07 Å². The van der Waals surface area contributed by atoms with Crippen molar-refractivity contribution < 1.29 is 4.79 Å². The minimum Gasteiger partial charge on any atom is -0.350 e. The second kappa shape index (κ2) is 6.96. The van der Waals surface area contributed by atoms with Gasteiger partial charge in [0.25, 0.3) is 0 Å². The number of amides is 1. The van der Waals surface area contributed by atoms with Gasteiger partial charge in [0.15, 0.2) is 0 Å². The van der Waals surface area contributed by atoms with Crippen LogP contribution in [0.2, 0.25) is 0 Å². The second-order valence-corrected chi connectivity index (χ2v) is 4.49. The van der Waals surface area contributed by atoms with E-state index in [2.05, 4.69) is 29.4 Å². The van der Waals surface area contributed by atoms with Crippen LogP contribution in [0.3, 0.4) is 0 Å². The molecule has 1 amide bonds. The molecule has 3 N–H and O–H groups in total. The molecule has 5 nitrogen and oxygen atoms in total. The number of hydrogen-bond acceptors (Lipinski definition) is 4. The van der Waals surface area contributed by atoms with Crippen molar-refractivity contribution in [3.63, 3.8) is 0 Å². The normalized spacial score (nSPS) is 12.5. The van der Waals surface area contributed by atoms with Gasteiger partial charge in [0.2, 0.25) is 5.91 Å². The maximum absolute atomic E-state index is 11.8. The SMILES string of the molecule is CC(C)CC(CN)C(=O)NCc1cccnn1. The standard InChI is InChI=1S/C12H20N4O/c1-9(2)6-10(7-13)12(17)14-8-11-4-3-5-15-16-11/h3-5,9-10H,6-8,13H2,1-2H3,(H,14,17). The highest BCUT2D eigenvalue weighted by molar-refractivity contribution is 5.78. The van der Waals surface area contributed by atoms with Crippen LogP contribution in [0, 0.1) is 11.8 Å². The average Bonchev–Trinajstić information content (AvgIpc) is 2.34. The van der Waals surface area contributed by atoms with E-state index in [4.69, 9.17) is 5.73 Å². The van der Waals surface area contributed by atoms with Crippen molar-refractivity contribution >= 4 is 5.91 Å². The maximum Gasteiger partial charge on any atom is 0.224 e. The Labute approximate surface area is 102 Å². The Bertz CT molecular complexity index is 340. The van der Waals surface area contributed by atoms with E-state index in [9.17, 15) is 4.79 Å². The molecule has 0 radical (unpaired) electrons. The zero-order valence-electron chi connectivity index (χ0n) is 10.4. The lowest BCUT2D eigenvalue weighted by atomic mass is 9.96. The first-order valence-corrected chi connectivity index (χ1v) is 5.87. The fourth-order valence-electron chi connectivity index (χ4n) is 1.63. The molecule has 1 aromatic heterocycles. The molecule has 0 bridgehead atoms. The molecule has 94 valence electrons. The minimum atomic E-state index is -0.119. The van der Waals surface area contributed by atoms with Crippen LogP contribution < -0.4 is 11.1 Å². The van der Waals surface area contributed by atoms with Crippen LogP contribution in [-0.2, 0) is 11.3 Å². The molecular formula is C12H20N4O. The quantitative estimate of drug-likeness (QED) is 0.762. The Morgan fingerprint density at radius 1 is 1.53 bits per heavy atom. The third-order valence-corrected chi connectivity index (χ3v) is 2.48. The summed E-state index contributed by atoms with van der Waals surface area (Å²) in [6.45, 7) is 4.95. The van der Waals surface area contributed by atoms with E-state index in [1.54, 1.807) is 12.3 Å².